The van der Waals surface area contributed by atoms with E-state index in [1.54, 1.807) is 18.9 Å². The molecular weight excluding hydrogens is 294 g/mol. The molecule has 2 aromatic carbocycles. The summed E-state index contributed by atoms with van der Waals surface area (Å²) >= 11 is 1.55. The number of anilines is 1. The molecular formula is C18H19NO2S. The van der Waals surface area contributed by atoms with E-state index in [1.165, 1.54) is 11.1 Å². The van der Waals surface area contributed by atoms with Crippen LogP contribution in [0.25, 0.3) is 0 Å². The maximum absolute atomic E-state index is 12.6. The Labute approximate surface area is 135 Å². The minimum atomic E-state index is 0.167. The number of aryl methyl sites for hydroxylation is 1. The minimum absolute atomic E-state index is 0.167. The molecule has 0 unspecified atom stereocenters. The first-order valence-corrected chi connectivity index (χ1v) is 8.33. The molecule has 22 heavy (non-hydrogen) atoms. The molecule has 3 nitrogen and oxygen atoms in total. The zero-order valence-electron chi connectivity index (χ0n) is 12.8. The molecule has 4 heteroatoms. The average Bonchev–Trinajstić information content (AvgIpc) is 2.98. The Hall–Kier alpha value is -1.94. The van der Waals surface area contributed by atoms with E-state index < -0.39 is 0 Å². The van der Waals surface area contributed by atoms with Gasteiger partial charge in [0.15, 0.2) is 0 Å². The molecule has 2 aromatic rings. The highest BCUT2D eigenvalue weighted by Gasteiger charge is 2.25. The number of rotatable bonds is 4. The molecule has 114 valence electrons. The third kappa shape index (κ3) is 2.97. The number of methoxy groups -OCH3 is 1. The number of thioether (sulfide) groups is 1. The van der Waals surface area contributed by atoms with E-state index in [2.05, 4.69) is 25.1 Å². The lowest BCUT2D eigenvalue weighted by Gasteiger charge is -2.19. The molecule has 0 saturated heterocycles. The van der Waals surface area contributed by atoms with Crippen LogP contribution in [0.1, 0.15) is 11.1 Å². The lowest BCUT2D eigenvalue weighted by atomic mass is 10.1. The zero-order valence-corrected chi connectivity index (χ0v) is 13.7. The van der Waals surface area contributed by atoms with Crippen molar-refractivity contribution < 1.29 is 9.53 Å². The number of hydrogen-bond donors (Lipinski definition) is 0. The van der Waals surface area contributed by atoms with Gasteiger partial charge < -0.3 is 9.64 Å². The largest absolute Gasteiger partial charge is 0.497 e. The highest BCUT2D eigenvalue weighted by atomic mass is 32.2. The Morgan fingerprint density at radius 2 is 2.09 bits per heavy atom. The van der Waals surface area contributed by atoms with Crippen LogP contribution in [0.4, 0.5) is 5.69 Å². The number of benzene rings is 2. The van der Waals surface area contributed by atoms with Crippen molar-refractivity contribution in [2.75, 3.05) is 24.3 Å². The van der Waals surface area contributed by atoms with Gasteiger partial charge in [0.2, 0.25) is 5.91 Å². The van der Waals surface area contributed by atoms with Crippen LogP contribution in [0, 0.1) is 6.92 Å². The standard InChI is InChI=1S/C18H19NO2S/c1-13-5-3-6-14-9-10-19(18(13)14)17(20)12-22-16-8-4-7-15(11-16)21-2/h3-8,11H,9-10,12H2,1-2H3. The van der Waals surface area contributed by atoms with Crippen molar-refractivity contribution in [2.24, 2.45) is 0 Å². The third-order valence-electron chi connectivity index (χ3n) is 3.90. The van der Waals surface area contributed by atoms with E-state index in [-0.39, 0.29) is 5.91 Å². The van der Waals surface area contributed by atoms with Gasteiger partial charge in [-0.1, -0.05) is 24.3 Å². The fraction of sp³-hybridized carbons (Fsp3) is 0.278. The van der Waals surface area contributed by atoms with E-state index in [9.17, 15) is 4.79 Å². The predicted molar refractivity (Wildman–Crippen MR) is 91.0 cm³/mol. The molecule has 0 radical (unpaired) electrons. The Balaban J connectivity index is 1.69. The van der Waals surface area contributed by atoms with Crippen LogP contribution in [0.3, 0.4) is 0 Å². The third-order valence-corrected chi connectivity index (χ3v) is 4.88. The Bertz CT molecular complexity index is 699. The molecule has 0 spiro atoms. The summed E-state index contributed by atoms with van der Waals surface area (Å²) in [4.78, 5) is 15.5. The summed E-state index contributed by atoms with van der Waals surface area (Å²) in [6, 6.07) is 14.1. The summed E-state index contributed by atoms with van der Waals surface area (Å²) < 4.78 is 5.21. The number of carbonyl (C=O) groups excluding carboxylic acids is 1. The van der Waals surface area contributed by atoms with Crippen molar-refractivity contribution in [3.63, 3.8) is 0 Å². The van der Waals surface area contributed by atoms with Crippen molar-refractivity contribution in [3.8, 4) is 5.75 Å². The SMILES string of the molecule is COc1cccc(SCC(=O)N2CCc3cccc(C)c32)c1. The molecule has 0 N–H and O–H groups in total. The first-order valence-electron chi connectivity index (χ1n) is 7.35. The highest BCUT2D eigenvalue weighted by molar-refractivity contribution is 8.00. The van der Waals surface area contributed by atoms with Gasteiger partial charge in [0.25, 0.3) is 0 Å². The number of amides is 1. The number of fused-ring (bicyclic) bond motifs is 1. The van der Waals surface area contributed by atoms with Crippen LogP contribution in [0.5, 0.6) is 5.75 Å². The summed E-state index contributed by atoms with van der Waals surface area (Å²) in [5.74, 6) is 1.43. The average molecular weight is 313 g/mol. The van der Waals surface area contributed by atoms with Crippen LogP contribution >= 0.6 is 11.8 Å². The number of para-hydroxylation sites is 1. The lowest BCUT2D eigenvalue weighted by molar-refractivity contribution is -0.116. The van der Waals surface area contributed by atoms with Gasteiger partial charge in [0.1, 0.15) is 5.75 Å². The fourth-order valence-corrected chi connectivity index (χ4v) is 3.64. The van der Waals surface area contributed by atoms with Gasteiger partial charge >= 0.3 is 0 Å². The molecule has 0 bridgehead atoms. The quantitative estimate of drug-likeness (QED) is 0.806. The van der Waals surface area contributed by atoms with E-state index >= 15 is 0 Å². The number of nitrogens with zero attached hydrogens (tertiary/aromatic N) is 1. The molecule has 1 heterocycles. The van der Waals surface area contributed by atoms with Crippen LogP contribution in [-0.4, -0.2) is 25.3 Å². The van der Waals surface area contributed by atoms with Crippen LogP contribution in [-0.2, 0) is 11.2 Å². The molecule has 0 fully saturated rings. The second kappa shape index (κ2) is 6.44. The summed E-state index contributed by atoms with van der Waals surface area (Å²) in [6.07, 6.45) is 0.951. The monoisotopic (exact) mass is 313 g/mol. The second-order valence-electron chi connectivity index (χ2n) is 5.35. The van der Waals surface area contributed by atoms with Gasteiger partial charge in [-0.05, 0) is 42.7 Å². The maximum atomic E-state index is 12.6. The maximum Gasteiger partial charge on any atom is 0.237 e. The second-order valence-corrected chi connectivity index (χ2v) is 6.39. The van der Waals surface area contributed by atoms with E-state index in [4.69, 9.17) is 4.74 Å². The molecule has 1 aliphatic heterocycles. The normalized spacial score (nSPS) is 13.1. The molecule has 0 aromatic heterocycles. The lowest BCUT2D eigenvalue weighted by Crippen LogP contribution is -2.30. The first kappa shape index (κ1) is 15.0. The Morgan fingerprint density at radius 3 is 2.91 bits per heavy atom. The Morgan fingerprint density at radius 1 is 1.27 bits per heavy atom. The minimum Gasteiger partial charge on any atom is -0.497 e. The molecule has 0 atom stereocenters. The van der Waals surface area contributed by atoms with Gasteiger partial charge in [-0.2, -0.15) is 0 Å². The first-order chi connectivity index (χ1) is 10.7. The van der Waals surface area contributed by atoms with Crippen molar-refractivity contribution in [2.45, 2.75) is 18.2 Å². The number of hydrogen-bond acceptors (Lipinski definition) is 3. The molecule has 0 saturated carbocycles. The van der Waals surface area contributed by atoms with Crippen molar-refractivity contribution in [1.82, 2.24) is 0 Å². The molecule has 1 aliphatic rings. The smallest absolute Gasteiger partial charge is 0.237 e. The summed E-state index contributed by atoms with van der Waals surface area (Å²) in [5, 5.41) is 0. The van der Waals surface area contributed by atoms with Crippen LogP contribution in [0.2, 0.25) is 0 Å². The van der Waals surface area contributed by atoms with Gasteiger partial charge in [0, 0.05) is 17.1 Å². The van der Waals surface area contributed by atoms with E-state index in [0.29, 0.717) is 5.75 Å². The summed E-state index contributed by atoms with van der Waals surface area (Å²) in [6.45, 7) is 2.86. The summed E-state index contributed by atoms with van der Waals surface area (Å²) in [7, 11) is 1.65. The van der Waals surface area contributed by atoms with Crippen molar-refractivity contribution >= 4 is 23.4 Å². The molecule has 3 rings (SSSR count). The van der Waals surface area contributed by atoms with Crippen molar-refractivity contribution in [1.29, 1.82) is 0 Å². The van der Waals surface area contributed by atoms with Gasteiger partial charge in [-0.15, -0.1) is 11.8 Å². The topological polar surface area (TPSA) is 29.5 Å². The van der Waals surface area contributed by atoms with E-state index in [0.717, 1.165) is 29.3 Å². The van der Waals surface area contributed by atoms with Gasteiger partial charge in [-0.25, -0.2) is 0 Å². The molecule has 1 amide bonds. The number of carbonyl (C=O) groups is 1. The van der Waals surface area contributed by atoms with Gasteiger partial charge in [-0.3, -0.25) is 4.79 Å². The Kier molecular flexibility index (Phi) is 4.39. The molecule has 0 aliphatic carbocycles. The zero-order chi connectivity index (χ0) is 15.5. The van der Waals surface area contributed by atoms with Crippen LogP contribution in [0.15, 0.2) is 47.4 Å². The van der Waals surface area contributed by atoms with Crippen LogP contribution < -0.4 is 9.64 Å². The summed E-state index contributed by atoms with van der Waals surface area (Å²) in [5.41, 5.74) is 3.56. The van der Waals surface area contributed by atoms with Gasteiger partial charge in [0.05, 0.1) is 12.9 Å². The number of ether oxygens (including phenoxy) is 1. The highest BCUT2D eigenvalue weighted by Crippen LogP contribution is 2.32. The fourth-order valence-electron chi connectivity index (χ4n) is 2.82. The van der Waals surface area contributed by atoms with Crippen molar-refractivity contribution in [3.05, 3.63) is 53.6 Å². The predicted octanol–water partition coefficient (Wildman–Crippen LogP) is 3.69. The van der Waals surface area contributed by atoms with E-state index in [1.807, 2.05) is 29.2 Å².